The molecule has 0 amide bonds. The van der Waals surface area contributed by atoms with Crippen molar-refractivity contribution in [3.63, 3.8) is 0 Å². The molecule has 26 heavy (non-hydrogen) atoms. The molecule has 4 nitrogen and oxygen atoms in total. The Bertz CT molecular complexity index is 829. The second-order valence-electron chi connectivity index (χ2n) is 6.50. The number of aryl methyl sites for hydroxylation is 2. The van der Waals surface area contributed by atoms with E-state index in [1.54, 1.807) is 0 Å². The first-order valence-electron chi connectivity index (χ1n) is 9.08. The van der Waals surface area contributed by atoms with Crippen LogP contribution < -0.4 is 10.2 Å². The van der Waals surface area contributed by atoms with E-state index in [1.165, 1.54) is 16.7 Å². The zero-order valence-corrected chi connectivity index (χ0v) is 15.7. The Morgan fingerprint density at radius 2 is 1.62 bits per heavy atom. The maximum Gasteiger partial charge on any atom is 0.134 e. The minimum Gasteiger partial charge on any atom is -0.366 e. The predicted octanol–water partition coefficient (Wildman–Crippen LogP) is 4.73. The first-order valence-corrected chi connectivity index (χ1v) is 9.08. The van der Waals surface area contributed by atoms with Crippen LogP contribution in [0.2, 0.25) is 0 Å². The lowest BCUT2D eigenvalue weighted by Gasteiger charge is -2.23. The van der Waals surface area contributed by atoms with Crippen LogP contribution in [0.3, 0.4) is 0 Å². The molecule has 2 aromatic carbocycles. The van der Waals surface area contributed by atoms with E-state index in [4.69, 9.17) is 0 Å². The molecule has 0 unspecified atom stereocenters. The summed E-state index contributed by atoms with van der Waals surface area (Å²) in [7, 11) is 0. The summed E-state index contributed by atoms with van der Waals surface area (Å²) in [6.45, 7) is 8.68. The Morgan fingerprint density at radius 3 is 2.31 bits per heavy atom. The van der Waals surface area contributed by atoms with Crippen LogP contribution in [0, 0.1) is 13.8 Å². The molecule has 0 saturated heterocycles. The number of aromatic nitrogens is 2. The number of hydrogen-bond acceptors (Lipinski definition) is 4. The van der Waals surface area contributed by atoms with Crippen LogP contribution in [0.25, 0.3) is 0 Å². The molecule has 0 aliphatic carbocycles. The van der Waals surface area contributed by atoms with Crippen LogP contribution in [0.15, 0.2) is 60.7 Å². The van der Waals surface area contributed by atoms with E-state index < -0.39 is 0 Å². The molecule has 4 heteroatoms. The van der Waals surface area contributed by atoms with Gasteiger partial charge in [-0.15, -0.1) is 0 Å². The van der Waals surface area contributed by atoms with Gasteiger partial charge in [-0.3, -0.25) is 0 Å². The third-order valence-electron chi connectivity index (χ3n) is 4.34. The number of benzene rings is 2. The highest BCUT2D eigenvalue weighted by Crippen LogP contribution is 2.19. The quantitative estimate of drug-likeness (QED) is 0.671. The minimum atomic E-state index is 0.751. The van der Waals surface area contributed by atoms with E-state index in [-0.39, 0.29) is 0 Å². The maximum atomic E-state index is 4.64. The van der Waals surface area contributed by atoms with Crippen LogP contribution in [-0.4, -0.2) is 16.5 Å². The van der Waals surface area contributed by atoms with Crippen LogP contribution in [0.5, 0.6) is 0 Å². The minimum absolute atomic E-state index is 0.751. The van der Waals surface area contributed by atoms with E-state index in [2.05, 4.69) is 82.6 Å². The Kier molecular flexibility index (Phi) is 5.84. The molecule has 1 aromatic heterocycles. The summed E-state index contributed by atoms with van der Waals surface area (Å²) >= 11 is 0. The Labute approximate surface area is 155 Å². The lowest BCUT2D eigenvalue weighted by molar-refractivity contribution is 0.804. The van der Waals surface area contributed by atoms with Gasteiger partial charge in [-0.25, -0.2) is 9.97 Å². The molecular formula is C22H26N4. The number of nitrogens with zero attached hydrogens (tertiary/aromatic N) is 3. The standard InChI is InChI=1S/C22H26N4/c1-4-26(16-20-8-6-5-7-9-20)22-14-21(24-18(3)25-22)23-15-19-12-10-17(2)11-13-19/h5-14H,4,15-16H2,1-3H3,(H,23,24,25). The van der Waals surface area contributed by atoms with E-state index in [9.17, 15) is 0 Å². The zero-order valence-electron chi connectivity index (χ0n) is 15.7. The average molecular weight is 346 g/mol. The summed E-state index contributed by atoms with van der Waals surface area (Å²) in [5, 5.41) is 3.43. The molecule has 3 rings (SSSR count). The highest BCUT2D eigenvalue weighted by molar-refractivity contribution is 5.50. The molecule has 1 heterocycles. The summed E-state index contributed by atoms with van der Waals surface area (Å²) in [6.07, 6.45) is 0. The van der Waals surface area contributed by atoms with E-state index >= 15 is 0 Å². The van der Waals surface area contributed by atoms with Crippen molar-refractivity contribution < 1.29 is 0 Å². The summed E-state index contributed by atoms with van der Waals surface area (Å²) in [6, 6.07) is 21.1. The largest absolute Gasteiger partial charge is 0.366 e. The SMILES string of the molecule is CCN(Cc1ccccc1)c1cc(NCc2ccc(C)cc2)nc(C)n1. The average Bonchev–Trinajstić information content (AvgIpc) is 2.66. The normalized spacial score (nSPS) is 10.6. The molecule has 3 aromatic rings. The van der Waals surface area contributed by atoms with Crippen LogP contribution in [0.1, 0.15) is 29.4 Å². The molecule has 0 spiro atoms. The molecule has 0 aliphatic rings. The Hall–Kier alpha value is -2.88. The molecular weight excluding hydrogens is 320 g/mol. The first kappa shape index (κ1) is 17.9. The van der Waals surface area contributed by atoms with Gasteiger partial charge in [-0.05, 0) is 31.9 Å². The molecule has 1 N–H and O–H groups in total. The van der Waals surface area contributed by atoms with Gasteiger partial charge in [0.05, 0.1) is 0 Å². The van der Waals surface area contributed by atoms with Crippen molar-refractivity contribution in [2.45, 2.75) is 33.9 Å². The highest BCUT2D eigenvalue weighted by Gasteiger charge is 2.10. The monoisotopic (exact) mass is 346 g/mol. The maximum absolute atomic E-state index is 4.64. The Morgan fingerprint density at radius 1 is 0.885 bits per heavy atom. The molecule has 0 bridgehead atoms. The molecule has 0 saturated carbocycles. The lowest BCUT2D eigenvalue weighted by Crippen LogP contribution is -2.23. The second-order valence-corrected chi connectivity index (χ2v) is 6.50. The molecule has 0 atom stereocenters. The van der Waals surface area contributed by atoms with Gasteiger partial charge in [0.25, 0.3) is 0 Å². The van der Waals surface area contributed by atoms with Crippen molar-refractivity contribution in [2.24, 2.45) is 0 Å². The van der Waals surface area contributed by atoms with Crippen LogP contribution in [0.4, 0.5) is 11.6 Å². The highest BCUT2D eigenvalue weighted by atomic mass is 15.2. The van der Waals surface area contributed by atoms with Crippen molar-refractivity contribution in [2.75, 3.05) is 16.8 Å². The van der Waals surface area contributed by atoms with Gasteiger partial charge in [0.15, 0.2) is 0 Å². The number of anilines is 2. The summed E-state index contributed by atoms with van der Waals surface area (Å²) < 4.78 is 0. The van der Waals surface area contributed by atoms with Gasteiger partial charge < -0.3 is 10.2 Å². The third kappa shape index (κ3) is 4.82. The predicted molar refractivity (Wildman–Crippen MR) is 108 cm³/mol. The van der Waals surface area contributed by atoms with Crippen LogP contribution >= 0.6 is 0 Å². The van der Waals surface area contributed by atoms with Crippen molar-refractivity contribution in [1.29, 1.82) is 0 Å². The fourth-order valence-electron chi connectivity index (χ4n) is 2.86. The van der Waals surface area contributed by atoms with Gasteiger partial charge in [-0.2, -0.15) is 0 Å². The van der Waals surface area contributed by atoms with Crippen molar-refractivity contribution in [1.82, 2.24) is 9.97 Å². The Balaban J connectivity index is 1.74. The van der Waals surface area contributed by atoms with Crippen molar-refractivity contribution in [3.05, 3.63) is 83.2 Å². The molecule has 0 aliphatic heterocycles. The van der Waals surface area contributed by atoms with Gasteiger partial charge in [0.1, 0.15) is 17.5 Å². The molecule has 0 fully saturated rings. The smallest absolute Gasteiger partial charge is 0.134 e. The zero-order chi connectivity index (χ0) is 18.4. The van der Waals surface area contributed by atoms with Gasteiger partial charge >= 0.3 is 0 Å². The van der Waals surface area contributed by atoms with Crippen molar-refractivity contribution >= 4 is 11.6 Å². The summed E-state index contributed by atoms with van der Waals surface area (Å²) in [4.78, 5) is 11.4. The van der Waals surface area contributed by atoms with Gasteiger partial charge in [0.2, 0.25) is 0 Å². The summed E-state index contributed by atoms with van der Waals surface area (Å²) in [5.74, 6) is 2.59. The first-order chi connectivity index (χ1) is 12.6. The van der Waals surface area contributed by atoms with E-state index in [1.807, 2.05) is 19.1 Å². The van der Waals surface area contributed by atoms with E-state index in [0.29, 0.717) is 0 Å². The number of nitrogens with one attached hydrogen (secondary N) is 1. The second kappa shape index (κ2) is 8.48. The fourth-order valence-corrected chi connectivity index (χ4v) is 2.86. The number of rotatable bonds is 7. The molecule has 0 radical (unpaired) electrons. The molecule has 134 valence electrons. The van der Waals surface area contributed by atoms with Gasteiger partial charge in [0, 0.05) is 25.7 Å². The van der Waals surface area contributed by atoms with E-state index in [0.717, 1.165) is 37.1 Å². The topological polar surface area (TPSA) is 41.0 Å². The van der Waals surface area contributed by atoms with Gasteiger partial charge in [-0.1, -0.05) is 60.2 Å². The number of hydrogen-bond donors (Lipinski definition) is 1. The van der Waals surface area contributed by atoms with Crippen molar-refractivity contribution in [3.8, 4) is 0 Å². The lowest BCUT2D eigenvalue weighted by atomic mass is 10.1. The third-order valence-corrected chi connectivity index (χ3v) is 4.34. The fraction of sp³-hybridized carbons (Fsp3) is 0.273. The summed E-state index contributed by atoms with van der Waals surface area (Å²) in [5.41, 5.74) is 3.79. The van der Waals surface area contributed by atoms with Crippen LogP contribution in [-0.2, 0) is 13.1 Å².